The van der Waals surface area contributed by atoms with Gasteiger partial charge in [0.25, 0.3) is 0 Å². The summed E-state index contributed by atoms with van der Waals surface area (Å²) in [6.07, 6.45) is 1.46. The van der Waals surface area contributed by atoms with Crippen molar-refractivity contribution in [3.8, 4) is 0 Å². The molecule has 0 saturated carbocycles. The lowest BCUT2D eigenvalue weighted by Crippen LogP contribution is -2.54. The molecule has 0 aliphatic carbocycles. The number of nitrogens with zero attached hydrogens (tertiary/aromatic N) is 1. The summed E-state index contributed by atoms with van der Waals surface area (Å²) >= 11 is 0. The number of nitrogens with two attached hydrogens (primary N) is 2. The second kappa shape index (κ2) is 12.6. The molecule has 0 aliphatic heterocycles. The van der Waals surface area contributed by atoms with E-state index in [0.29, 0.717) is 5.69 Å². The second-order valence-electron chi connectivity index (χ2n) is 6.73. The maximum Gasteiger partial charge on any atom is 0.326 e. The van der Waals surface area contributed by atoms with Crippen molar-refractivity contribution in [3.63, 3.8) is 0 Å². The fraction of sp³-hybridized carbons (Fsp3) is 0.471. The molecule has 1 aromatic heterocycles. The summed E-state index contributed by atoms with van der Waals surface area (Å²) in [5.41, 5.74) is 10.8. The summed E-state index contributed by atoms with van der Waals surface area (Å²) in [7, 11) is 0. The van der Waals surface area contributed by atoms with Gasteiger partial charge in [0.1, 0.15) is 12.1 Å². The lowest BCUT2D eigenvalue weighted by molar-refractivity contribution is -0.142. The number of aromatic nitrogens is 2. The molecule has 3 unspecified atom stereocenters. The van der Waals surface area contributed by atoms with Crippen molar-refractivity contribution in [1.82, 2.24) is 25.9 Å². The van der Waals surface area contributed by atoms with E-state index in [1.54, 1.807) is 0 Å². The lowest BCUT2D eigenvalue weighted by Gasteiger charge is -2.21. The number of primary amides is 1. The predicted molar refractivity (Wildman–Crippen MR) is 105 cm³/mol. The molecule has 0 aromatic carbocycles. The highest BCUT2D eigenvalue weighted by molar-refractivity contribution is 5.93. The molecule has 0 aliphatic rings. The molecule has 15 heteroatoms. The number of imidazole rings is 1. The molecule has 0 fully saturated rings. The van der Waals surface area contributed by atoms with E-state index in [2.05, 4.69) is 25.9 Å². The standard InChI is InChI=1S/C17H25N7O8/c18-9(4-14(27)28)15(29)21-6-13(26)23-11(3-8-5-20-7-22-8)16(30)24-10(17(31)32)1-2-12(19)25/h5,7,9-11H,1-4,6,18H2,(H2,19,25)(H,20,22)(H,21,29)(H,23,26)(H,24,30)(H,27,28)(H,31,32). The minimum absolute atomic E-state index is 0.0911. The Labute approximate surface area is 181 Å². The van der Waals surface area contributed by atoms with Crippen molar-refractivity contribution in [2.75, 3.05) is 6.54 Å². The zero-order chi connectivity index (χ0) is 24.3. The first-order chi connectivity index (χ1) is 15.0. The molecular formula is C17H25N7O8. The number of aromatic amines is 1. The maximum absolute atomic E-state index is 12.6. The van der Waals surface area contributed by atoms with E-state index in [1.807, 2.05) is 0 Å². The minimum Gasteiger partial charge on any atom is -0.481 e. The highest BCUT2D eigenvalue weighted by Gasteiger charge is 2.27. The maximum atomic E-state index is 12.6. The molecule has 0 saturated heterocycles. The van der Waals surface area contributed by atoms with Crippen LogP contribution in [0.1, 0.15) is 25.0 Å². The highest BCUT2D eigenvalue weighted by Crippen LogP contribution is 2.03. The molecule has 3 atom stereocenters. The fourth-order valence-corrected chi connectivity index (χ4v) is 2.47. The SMILES string of the molecule is NC(=O)CCC(NC(=O)C(Cc1cnc[nH]1)NC(=O)CNC(=O)C(N)CC(=O)O)C(=O)O. The van der Waals surface area contributed by atoms with Crippen LogP contribution in [-0.2, 0) is 35.2 Å². The van der Waals surface area contributed by atoms with Gasteiger partial charge in [0.15, 0.2) is 0 Å². The van der Waals surface area contributed by atoms with Crippen molar-refractivity contribution in [2.45, 2.75) is 43.8 Å². The largest absolute Gasteiger partial charge is 0.481 e. The Kier molecular flexibility index (Phi) is 10.3. The third kappa shape index (κ3) is 9.66. The average molecular weight is 455 g/mol. The first kappa shape index (κ1) is 26.0. The van der Waals surface area contributed by atoms with Crippen LogP contribution in [0.2, 0.25) is 0 Å². The molecule has 0 bridgehead atoms. The van der Waals surface area contributed by atoms with Gasteiger partial charge in [-0.3, -0.25) is 24.0 Å². The summed E-state index contributed by atoms with van der Waals surface area (Å²) in [5.74, 6) is -5.99. The quantitative estimate of drug-likeness (QED) is 0.135. The molecule has 176 valence electrons. The molecule has 32 heavy (non-hydrogen) atoms. The van der Waals surface area contributed by atoms with Crippen LogP contribution in [0.3, 0.4) is 0 Å². The van der Waals surface area contributed by atoms with Gasteiger partial charge in [0.05, 0.1) is 25.3 Å². The molecular weight excluding hydrogens is 430 g/mol. The van der Waals surface area contributed by atoms with E-state index in [4.69, 9.17) is 16.6 Å². The fourth-order valence-electron chi connectivity index (χ4n) is 2.47. The monoisotopic (exact) mass is 455 g/mol. The lowest BCUT2D eigenvalue weighted by atomic mass is 10.1. The number of carbonyl (C=O) groups is 6. The van der Waals surface area contributed by atoms with Crippen molar-refractivity contribution < 1.29 is 39.0 Å². The topological polar surface area (TPSA) is 260 Å². The first-order valence-corrected chi connectivity index (χ1v) is 9.32. The molecule has 10 N–H and O–H groups in total. The normalized spacial score (nSPS) is 13.3. The van der Waals surface area contributed by atoms with Crippen LogP contribution in [0, 0.1) is 0 Å². The molecule has 1 rings (SSSR count). The van der Waals surface area contributed by atoms with Gasteiger partial charge in [-0.05, 0) is 6.42 Å². The smallest absolute Gasteiger partial charge is 0.326 e. The Morgan fingerprint density at radius 3 is 2.28 bits per heavy atom. The number of rotatable bonds is 14. The van der Waals surface area contributed by atoms with Crippen LogP contribution in [0.4, 0.5) is 0 Å². The van der Waals surface area contributed by atoms with Gasteiger partial charge in [-0.2, -0.15) is 0 Å². The zero-order valence-corrected chi connectivity index (χ0v) is 16.9. The van der Waals surface area contributed by atoms with Crippen LogP contribution < -0.4 is 27.4 Å². The Morgan fingerprint density at radius 2 is 1.75 bits per heavy atom. The van der Waals surface area contributed by atoms with E-state index >= 15 is 0 Å². The average Bonchev–Trinajstić information content (AvgIpc) is 3.20. The van der Waals surface area contributed by atoms with Gasteiger partial charge in [0.2, 0.25) is 23.6 Å². The van der Waals surface area contributed by atoms with E-state index in [9.17, 15) is 33.9 Å². The van der Waals surface area contributed by atoms with Gasteiger partial charge in [-0.15, -0.1) is 0 Å². The number of H-pyrrole nitrogens is 1. The third-order valence-electron chi connectivity index (χ3n) is 4.08. The minimum atomic E-state index is -1.43. The highest BCUT2D eigenvalue weighted by atomic mass is 16.4. The summed E-state index contributed by atoms with van der Waals surface area (Å²) in [6, 6.07) is -4.06. The van der Waals surface area contributed by atoms with Crippen LogP contribution in [0.5, 0.6) is 0 Å². The summed E-state index contributed by atoms with van der Waals surface area (Å²) in [6.45, 7) is -0.608. The van der Waals surface area contributed by atoms with E-state index in [1.165, 1.54) is 12.5 Å². The van der Waals surface area contributed by atoms with Crippen LogP contribution in [0.25, 0.3) is 0 Å². The summed E-state index contributed by atoms with van der Waals surface area (Å²) < 4.78 is 0. The number of nitrogens with one attached hydrogen (secondary N) is 4. The number of aliphatic carboxylic acids is 2. The van der Waals surface area contributed by atoms with E-state index in [-0.39, 0.29) is 19.3 Å². The Hall–Kier alpha value is -4.01. The summed E-state index contributed by atoms with van der Waals surface area (Å²) in [4.78, 5) is 75.9. The number of carboxylic acid groups (broad SMARTS) is 2. The molecule has 0 radical (unpaired) electrons. The van der Waals surface area contributed by atoms with Crippen LogP contribution >= 0.6 is 0 Å². The molecule has 4 amide bonds. The zero-order valence-electron chi connectivity index (χ0n) is 16.9. The number of hydrogen-bond donors (Lipinski definition) is 8. The summed E-state index contributed by atoms with van der Waals surface area (Å²) in [5, 5.41) is 24.6. The Morgan fingerprint density at radius 1 is 1.06 bits per heavy atom. The van der Waals surface area contributed by atoms with Gasteiger partial charge in [0, 0.05) is 24.7 Å². The Balaban J connectivity index is 2.78. The molecule has 15 nitrogen and oxygen atoms in total. The van der Waals surface area contributed by atoms with E-state index in [0.717, 1.165) is 0 Å². The van der Waals surface area contributed by atoms with Gasteiger partial charge >= 0.3 is 11.9 Å². The predicted octanol–water partition coefficient (Wildman–Crippen LogP) is -3.81. The van der Waals surface area contributed by atoms with Crippen molar-refractivity contribution in [2.24, 2.45) is 11.5 Å². The van der Waals surface area contributed by atoms with Crippen LogP contribution in [0.15, 0.2) is 12.5 Å². The third-order valence-corrected chi connectivity index (χ3v) is 4.08. The van der Waals surface area contributed by atoms with Crippen molar-refractivity contribution >= 4 is 35.6 Å². The van der Waals surface area contributed by atoms with Crippen LogP contribution in [-0.4, -0.2) is 80.4 Å². The molecule has 1 heterocycles. The number of hydrogen-bond acceptors (Lipinski definition) is 8. The number of carboxylic acids is 2. The van der Waals surface area contributed by atoms with Gasteiger partial charge in [-0.25, -0.2) is 9.78 Å². The van der Waals surface area contributed by atoms with Gasteiger partial charge in [-0.1, -0.05) is 0 Å². The number of carbonyl (C=O) groups excluding carboxylic acids is 4. The van der Waals surface area contributed by atoms with Crippen molar-refractivity contribution in [3.05, 3.63) is 18.2 Å². The Bertz CT molecular complexity index is 842. The van der Waals surface area contributed by atoms with Crippen molar-refractivity contribution in [1.29, 1.82) is 0 Å². The van der Waals surface area contributed by atoms with E-state index < -0.39 is 66.7 Å². The number of amides is 4. The first-order valence-electron chi connectivity index (χ1n) is 9.32. The second-order valence-corrected chi connectivity index (χ2v) is 6.73. The van der Waals surface area contributed by atoms with Gasteiger partial charge < -0.3 is 42.6 Å². The molecule has 1 aromatic rings. The molecule has 0 spiro atoms.